The molecule has 6 heteroatoms. The highest BCUT2D eigenvalue weighted by molar-refractivity contribution is 6.30. The second-order valence-electron chi connectivity index (χ2n) is 10.5. The van der Waals surface area contributed by atoms with Crippen LogP contribution in [0.15, 0.2) is 48.7 Å². The number of halogens is 1. The number of hydrogen-bond donors (Lipinski definition) is 1. The first-order chi connectivity index (χ1) is 17.2. The van der Waals surface area contributed by atoms with E-state index in [-0.39, 0.29) is 12.0 Å². The van der Waals surface area contributed by atoms with Gasteiger partial charge in [-0.05, 0) is 67.6 Å². The van der Waals surface area contributed by atoms with E-state index in [0.29, 0.717) is 5.91 Å². The third-order valence-electron chi connectivity index (χ3n) is 8.36. The molecule has 35 heavy (non-hydrogen) atoms. The van der Waals surface area contributed by atoms with Gasteiger partial charge < -0.3 is 14.8 Å². The van der Waals surface area contributed by atoms with Crippen molar-refractivity contribution in [3.63, 3.8) is 0 Å². The number of carbonyl (C=O) groups excluding carboxylic acids is 1. The molecule has 1 saturated carbocycles. The maximum atomic E-state index is 13.9. The van der Waals surface area contributed by atoms with E-state index in [0.717, 1.165) is 69.1 Å². The summed E-state index contributed by atoms with van der Waals surface area (Å²) in [6.07, 6.45) is 9.72. The number of amides is 1. The van der Waals surface area contributed by atoms with Gasteiger partial charge >= 0.3 is 0 Å². The van der Waals surface area contributed by atoms with Gasteiger partial charge in [0.2, 0.25) is 5.91 Å². The van der Waals surface area contributed by atoms with Crippen molar-refractivity contribution in [3.8, 4) is 0 Å². The molecule has 1 atom stereocenters. The van der Waals surface area contributed by atoms with Gasteiger partial charge in [-0.2, -0.15) is 0 Å². The molecule has 184 valence electrons. The van der Waals surface area contributed by atoms with Crippen LogP contribution in [0.25, 0.3) is 10.9 Å². The van der Waals surface area contributed by atoms with E-state index in [1.165, 1.54) is 41.4 Å². The fourth-order valence-electron chi connectivity index (χ4n) is 6.47. The standard InChI is InChI=1S/C29H35ClN4O/c30-23-10-12-27-22(19-23)9-11-24(34(27)29(35)21-5-2-1-3-6-21)20-32-15-17-33(18-16-32)28-8-4-7-26-25(28)13-14-31-26/h4,7-8,10,12-14,19,21,24,31H,1-3,5-6,9,11,15-18,20H2. The number of nitrogens with zero attached hydrogens (tertiary/aromatic N) is 3. The minimum absolute atomic E-state index is 0.173. The molecule has 6 rings (SSSR count). The lowest BCUT2D eigenvalue weighted by Crippen LogP contribution is -2.55. The number of H-pyrrole nitrogens is 1. The summed E-state index contributed by atoms with van der Waals surface area (Å²) in [5, 5.41) is 2.06. The van der Waals surface area contributed by atoms with Gasteiger partial charge in [0.05, 0.1) is 0 Å². The largest absolute Gasteiger partial charge is 0.368 e. The van der Waals surface area contributed by atoms with Crippen LogP contribution in [0, 0.1) is 5.92 Å². The van der Waals surface area contributed by atoms with Crippen molar-refractivity contribution < 1.29 is 4.79 Å². The average molecular weight is 491 g/mol. The number of aromatic nitrogens is 1. The minimum Gasteiger partial charge on any atom is -0.368 e. The van der Waals surface area contributed by atoms with Crippen molar-refractivity contribution in [2.24, 2.45) is 5.92 Å². The summed E-state index contributed by atoms with van der Waals surface area (Å²) in [6, 6.07) is 15.0. The first-order valence-electron chi connectivity index (χ1n) is 13.3. The molecule has 0 spiro atoms. The van der Waals surface area contributed by atoms with E-state index in [1.807, 2.05) is 12.3 Å². The zero-order valence-electron chi connectivity index (χ0n) is 20.4. The molecule has 3 heterocycles. The third kappa shape index (κ3) is 4.56. The van der Waals surface area contributed by atoms with E-state index in [1.54, 1.807) is 0 Å². The zero-order valence-corrected chi connectivity index (χ0v) is 21.1. The molecule has 5 nitrogen and oxygen atoms in total. The Morgan fingerprint density at radius 1 is 0.943 bits per heavy atom. The molecule has 1 N–H and O–H groups in total. The summed E-state index contributed by atoms with van der Waals surface area (Å²) in [6.45, 7) is 5.02. The maximum absolute atomic E-state index is 13.9. The highest BCUT2D eigenvalue weighted by Gasteiger charge is 2.36. The Balaban J connectivity index is 1.18. The first kappa shape index (κ1) is 22.9. The van der Waals surface area contributed by atoms with Gasteiger partial charge in [0, 0.05) is 78.2 Å². The summed E-state index contributed by atoms with van der Waals surface area (Å²) >= 11 is 6.32. The number of aromatic amines is 1. The van der Waals surface area contributed by atoms with Crippen LogP contribution >= 0.6 is 11.6 Å². The maximum Gasteiger partial charge on any atom is 0.230 e. The van der Waals surface area contributed by atoms with Crippen LogP contribution in [-0.4, -0.2) is 54.6 Å². The van der Waals surface area contributed by atoms with E-state index < -0.39 is 0 Å². The zero-order chi connectivity index (χ0) is 23.8. The normalized spacial score (nSPS) is 21.9. The molecule has 3 aromatic rings. The molecule has 1 unspecified atom stereocenters. The molecule has 1 aliphatic carbocycles. The lowest BCUT2D eigenvalue weighted by Gasteiger charge is -2.44. The molecule has 1 aromatic heterocycles. The van der Waals surface area contributed by atoms with Crippen molar-refractivity contribution in [2.75, 3.05) is 42.5 Å². The summed E-state index contributed by atoms with van der Waals surface area (Å²) < 4.78 is 0. The van der Waals surface area contributed by atoms with Crippen LogP contribution in [0.2, 0.25) is 5.02 Å². The Morgan fingerprint density at radius 2 is 1.77 bits per heavy atom. The van der Waals surface area contributed by atoms with Crippen molar-refractivity contribution in [3.05, 3.63) is 59.2 Å². The molecule has 1 amide bonds. The monoisotopic (exact) mass is 490 g/mol. The summed E-state index contributed by atoms with van der Waals surface area (Å²) in [7, 11) is 0. The van der Waals surface area contributed by atoms with Gasteiger partial charge in [0.1, 0.15) is 0 Å². The SMILES string of the molecule is O=C(C1CCCCC1)N1c2ccc(Cl)cc2CCC1CN1CCN(c2cccc3[nH]ccc23)CC1. The third-order valence-corrected chi connectivity index (χ3v) is 8.59. The Labute approximate surface area is 213 Å². The molecule has 2 aliphatic heterocycles. The summed E-state index contributed by atoms with van der Waals surface area (Å²) in [5.41, 5.74) is 4.84. The van der Waals surface area contributed by atoms with Crippen molar-refractivity contribution in [1.82, 2.24) is 9.88 Å². The van der Waals surface area contributed by atoms with E-state index in [4.69, 9.17) is 11.6 Å². The number of hydrogen-bond acceptors (Lipinski definition) is 3. The van der Waals surface area contributed by atoms with Crippen LogP contribution in [0.3, 0.4) is 0 Å². The summed E-state index contributed by atoms with van der Waals surface area (Å²) in [4.78, 5) is 24.4. The molecule has 0 radical (unpaired) electrons. The Hall–Kier alpha value is -2.50. The molecule has 2 fully saturated rings. The summed E-state index contributed by atoms with van der Waals surface area (Å²) in [5.74, 6) is 0.516. The van der Waals surface area contributed by atoms with Crippen LogP contribution in [0.1, 0.15) is 44.1 Å². The van der Waals surface area contributed by atoms with Crippen LogP contribution in [0.5, 0.6) is 0 Å². The first-order valence-corrected chi connectivity index (χ1v) is 13.7. The fourth-order valence-corrected chi connectivity index (χ4v) is 6.66. The fraction of sp³-hybridized carbons (Fsp3) is 0.483. The van der Waals surface area contributed by atoms with Gasteiger partial charge in [0.15, 0.2) is 0 Å². The number of rotatable bonds is 4. The van der Waals surface area contributed by atoms with Gasteiger partial charge in [-0.15, -0.1) is 0 Å². The van der Waals surface area contributed by atoms with E-state index in [9.17, 15) is 4.79 Å². The molecular formula is C29H35ClN4O. The van der Waals surface area contributed by atoms with Crippen molar-refractivity contribution in [2.45, 2.75) is 51.0 Å². The number of carbonyl (C=O) groups is 1. The lowest BCUT2D eigenvalue weighted by atomic mass is 9.86. The van der Waals surface area contributed by atoms with E-state index in [2.05, 4.69) is 56.1 Å². The highest BCUT2D eigenvalue weighted by atomic mass is 35.5. The van der Waals surface area contributed by atoms with Gasteiger partial charge in [0.25, 0.3) is 0 Å². The van der Waals surface area contributed by atoms with Crippen molar-refractivity contribution >= 4 is 39.8 Å². The number of nitrogens with one attached hydrogen (secondary N) is 1. The molecular weight excluding hydrogens is 456 g/mol. The Bertz CT molecular complexity index is 1190. The quantitative estimate of drug-likeness (QED) is 0.497. The van der Waals surface area contributed by atoms with Gasteiger partial charge in [-0.1, -0.05) is 36.9 Å². The highest BCUT2D eigenvalue weighted by Crippen LogP contribution is 2.37. The van der Waals surface area contributed by atoms with Crippen LogP contribution in [0.4, 0.5) is 11.4 Å². The molecule has 0 bridgehead atoms. The number of fused-ring (bicyclic) bond motifs is 2. The lowest BCUT2D eigenvalue weighted by molar-refractivity contribution is -0.124. The smallest absolute Gasteiger partial charge is 0.230 e. The topological polar surface area (TPSA) is 42.6 Å². The van der Waals surface area contributed by atoms with Gasteiger partial charge in [-0.25, -0.2) is 0 Å². The number of benzene rings is 2. The average Bonchev–Trinajstić information content (AvgIpc) is 3.38. The van der Waals surface area contributed by atoms with Gasteiger partial charge in [-0.3, -0.25) is 9.69 Å². The van der Waals surface area contributed by atoms with Crippen LogP contribution in [-0.2, 0) is 11.2 Å². The van der Waals surface area contributed by atoms with Crippen molar-refractivity contribution in [1.29, 1.82) is 0 Å². The van der Waals surface area contributed by atoms with Crippen LogP contribution < -0.4 is 9.80 Å². The molecule has 3 aliphatic rings. The number of anilines is 2. The second kappa shape index (κ2) is 9.87. The second-order valence-corrected chi connectivity index (χ2v) is 10.9. The molecule has 1 saturated heterocycles. The Kier molecular flexibility index (Phi) is 6.46. The minimum atomic E-state index is 0.173. The number of piperazine rings is 1. The predicted octanol–water partition coefficient (Wildman–Crippen LogP) is 5.87. The number of aryl methyl sites for hydroxylation is 1. The molecule has 2 aromatic carbocycles. The predicted molar refractivity (Wildman–Crippen MR) is 145 cm³/mol. The Morgan fingerprint density at radius 3 is 2.60 bits per heavy atom. The van der Waals surface area contributed by atoms with E-state index >= 15 is 0 Å².